The summed E-state index contributed by atoms with van der Waals surface area (Å²) in [4.78, 5) is 58.6. The summed E-state index contributed by atoms with van der Waals surface area (Å²) < 4.78 is 6.62. The predicted octanol–water partition coefficient (Wildman–Crippen LogP) is 5.51. The van der Waals surface area contributed by atoms with Crippen LogP contribution in [-0.2, 0) is 20.9 Å². The summed E-state index contributed by atoms with van der Waals surface area (Å²) in [5, 5.41) is 2.65. The van der Waals surface area contributed by atoms with E-state index < -0.39 is 17.1 Å². The Hall–Kier alpha value is -4.35. The lowest BCUT2D eigenvalue weighted by atomic mass is 9.83. The number of thiazole rings is 1. The van der Waals surface area contributed by atoms with Crippen molar-refractivity contribution in [2.24, 2.45) is 5.92 Å². The van der Waals surface area contributed by atoms with Gasteiger partial charge in [0, 0.05) is 35.3 Å². The molecule has 2 aliphatic heterocycles. The molecule has 2 aliphatic rings. The van der Waals surface area contributed by atoms with Crippen molar-refractivity contribution in [2.75, 3.05) is 35.3 Å². The molecule has 6 rings (SSSR count). The second-order valence-corrected chi connectivity index (χ2v) is 13.2. The van der Waals surface area contributed by atoms with E-state index in [1.54, 1.807) is 43.5 Å². The maximum Gasteiger partial charge on any atom is 0.308 e. The van der Waals surface area contributed by atoms with Crippen LogP contribution >= 0.6 is 23.1 Å². The van der Waals surface area contributed by atoms with Crippen molar-refractivity contribution in [3.8, 4) is 5.75 Å². The van der Waals surface area contributed by atoms with Gasteiger partial charge in [0.15, 0.2) is 0 Å². The first-order valence-electron chi connectivity index (χ1n) is 14.9. The fourth-order valence-corrected chi connectivity index (χ4v) is 8.84. The lowest BCUT2D eigenvalue weighted by Crippen LogP contribution is -2.33. The average molecular weight is 643 g/mol. The molecule has 3 aromatic carbocycles. The van der Waals surface area contributed by atoms with Gasteiger partial charge in [-0.05, 0) is 74.9 Å². The standard InChI is InChI=1S/C34H34N4O5S2/c1-5-36(6-2)23-15-9-21(10-16-23)27-28-29(32(41)38(31(28)40)24-13-7-20(3)8-14-24)44-33-30(27)45-34(42)37(33)19-26(39)35-22-11-17-25(43-4)18-12-22/h7-18,27-29H,5-6,19H2,1-4H3,(H,35,39)/t27-,28-,29+/m0/s1. The van der Waals surface area contributed by atoms with Crippen LogP contribution in [0.3, 0.4) is 0 Å². The molecule has 1 fully saturated rings. The number of methoxy groups -OCH3 is 1. The first kappa shape index (κ1) is 30.7. The third-order valence-corrected chi connectivity index (χ3v) is 11.0. The number of anilines is 3. The Morgan fingerprint density at radius 2 is 1.58 bits per heavy atom. The molecular formula is C34H34N4O5S2. The topological polar surface area (TPSA) is 101 Å². The van der Waals surface area contributed by atoms with Crippen molar-refractivity contribution in [3.63, 3.8) is 0 Å². The summed E-state index contributed by atoms with van der Waals surface area (Å²) >= 11 is 2.25. The number of fused-ring (bicyclic) bond motifs is 2. The molecule has 4 aromatic rings. The van der Waals surface area contributed by atoms with Gasteiger partial charge in [0.05, 0.1) is 23.7 Å². The summed E-state index contributed by atoms with van der Waals surface area (Å²) in [6, 6.07) is 22.3. The van der Waals surface area contributed by atoms with Crippen LogP contribution in [0.2, 0.25) is 0 Å². The Kier molecular flexibility index (Phi) is 8.56. The third-order valence-electron chi connectivity index (χ3n) is 8.40. The molecule has 232 valence electrons. The fourth-order valence-electron chi connectivity index (χ4n) is 6.06. The van der Waals surface area contributed by atoms with Gasteiger partial charge >= 0.3 is 4.87 Å². The van der Waals surface area contributed by atoms with Crippen LogP contribution in [0, 0.1) is 12.8 Å². The summed E-state index contributed by atoms with van der Waals surface area (Å²) in [6.45, 7) is 7.63. The summed E-state index contributed by atoms with van der Waals surface area (Å²) in [5.74, 6) is -1.53. The Balaban J connectivity index is 1.39. The monoisotopic (exact) mass is 642 g/mol. The Labute approximate surface area is 269 Å². The zero-order valence-electron chi connectivity index (χ0n) is 25.5. The number of hydrogen-bond acceptors (Lipinski definition) is 8. The van der Waals surface area contributed by atoms with Gasteiger partial charge in [0.1, 0.15) is 17.5 Å². The van der Waals surface area contributed by atoms with E-state index >= 15 is 0 Å². The van der Waals surface area contributed by atoms with Crippen molar-refractivity contribution in [3.05, 3.63) is 98.5 Å². The van der Waals surface area contributed by atoms with Crippen LogP contribution < -0.4 is 24.7 Å². The van der Waals surface area contributed by atoms with Gasteiger partial charge in [-0.25, -0.2) is 4.90 Å². The summed E-state index contributed by atoms with van der Waals surface area (Å²) in [5.41, 5.74) is 4.03. The van der Waals surface area contributed by atoms with Crippen LogP contribution in [-0.4, -0.2) is 47.7 Å². The van der Waals surface area contributed by atoms with E-state index in [1.165, 1.54) is 21.2 Å². The predicted molar refractivity (Wildman–Crippen MR) is 179 cm³/mol. The number of hydrogen-bond donors (Lipinski definition) is 1. The zero-order chi connectivity index (χ0) is 31.8. The van der Waals surface area contributed by atoms with Gasteiger partial charge in [-0.15, -0.1) is 0 Å². The number of nitrogens with one attached hydrogen (secondary N) is 1. The normalized spacial score (nSPS) is 18.8. The highest BCUT2D eigenvalue weighted by Gasteiger charge is 2.56. The number of carbonyl (C=O) groups is 3. The molecule has 45 heavy (non-hydrogen) atoms. The number of rotatable bonds is 9. The van der Waals surface area contributed by atoms with Crippen molar-refractivity contribution in [1.82, 2.24) is 4.57 Å². The van der Waals surface area contributed by atoms with Crippen LogP contribution in [0.1, 0.15) is 35.8 Å². The van der Waals surface area contributed by atoms with E-state index in [1.807, 2.05) is 43.3 Å². The van der Waals surface area contributed by atoms with Crippen molar-refractivity contribution >= 4 is 57.9 Å². The summed E-state index contributed by atoms with van der Waals surface area (Å²) in [7, 11) is 1.57. The van der Waals surface area contributed by atoms with Crippen LogP contribution in [0.5, 0.6) is 5.75 Å². The van der Waals surface area contributed by atoms with E-state index in [4.69, 9.17) is 4.74 Å². The van der Waals surface area contributed by atoms with Crippen molar-refractivity contribution in [2.45, 2.75) is 43.5 Å². The van der Waals surface area contributed by atoms with Crippen LogP contribution in [0.4, 0.5) is 17.1 Å². The number of nitrogens with zero attached hydrogens (tertiary/aromatic N) is 3. The lowest BCUT2D eigenvalue weighted by Gasteiger charge is -2.31. The molecule has 0 spiro atoms. The summed E-state index contributed by atoms with van der Waals surface area (Å²) in [6.07, 6.45) is 0. The molecule has 0 aliphatic carbocycles. The quantitative estimate of drug-likeness (QED) is 0.241. The van der Waals surface area contributed by atoms with Gasteiger partial charge in [0.2, 0.25) is 17.7 Å². The number of aryl methyl sites for hydroxylation is 1. The maximum atomic E-state index is 14.1. The lowest BCUT2D eigenvalue weighted by molar-refractivity contribution is -0.122. The van der Waals surface area contributed by atoms with Crippen molar-refractivity contribution in [1.29, 1.82) is 0 Å². The number of benzene rings is 3. The number of ether oxygens (including phenoxy) is 1. The van der Waals surface area contributed by atoms with E-state index in [0.29, 0.717) is 27.0 Å². The molecule has 3 atom stereocenters. The molecule has 3 heterocycles. The Bertz CT molecular complexity index is 1790. The molecule has 0 unspecified atom stereocenters. The van der Waals surface area contributed by atoms with E-state index in [9.17, 15) is 19.2 Å². The molecule has 1 N–H and O–H groups in total. The fraction of sp³-hybridized carbons (Fsp3) is 0.294. The maximum absolute atomic E-state index is 14.1. The number of aromatic nitrogens is 1. The molecule has 3 amide bonds. The first-order valence-corrected chi connectivity index (χ1v) is 16.6. The van der Waals surface area contributed by atoms with E-state index in [0.717, 1.165) is 41.2 Å². The average Bonchev–Trinajstić information content (AvgIpc) is 3.49. The van der Waals surface area contributed by atoms with Crippen molar-refractivity contribution < 1.29 is 19.1 Å². The molecule has 11 heteroatoms. The van der Waals surface area contributed by atoms with Gasteiger partial charge in [0.25, 0.3) is 0 Å². The molecule has 0 bridgehead atoms. The highest BCUT2D eigenvalue weighted by Crippen LogP contribution is 2.54. The number of amides is 3. The number of carbonyl (C=O) groups excluding carboxylic acids is 3. The molecule has 0 saturated carbocycles. The Morgan fingerprint density at radius 1 is 0.911 bits per heavy atom. The third kappa shape index (κ3) is 5.66. The van der Waals surface area contributed by atoms with Gasteiger partial charge in [-0.2, -0.15) is 0 Å². The number of imide groups is 1. The SMILES string of the molecule is CCN(CC)c1ccc([C@@H]2c3sc(=O)n(CC(=O)Nc4ccc(OC)cc4)c3S[C@H]3C(=O)N(c4ccc(C)cc4)C(=O)[C@@H]23)cc1. The van der Waals surface area contributed by atoms with Crippen LogP contribution in [0.15, 0.2) is 82.6 Å². The minimum Gasteiger partial charge on any atom is -0.497 e. The number of thioether (sulfide) groups is 1. The highest BCUT2D eigenvalue weighted by molar-refractivity contribution is 8.00. The van der Waals surface area contributed by atoms with Gasteiger partial charge in [-0.3, -0.25) is 23.7 Å². The van der Waals surface area contributed by atoms with Crippen LogP contribution in [0.25, 0.3) is 0 Å². The molecule has 9 nitrogen and oxygen atoms in total. The minimum absolute atomic E-state index is 0.224. The molecule has 1 saturated heterocycles. The largest absolute Gasteiger partial charge is 0.497 e. The first-order chi connectivity index (χ1) is 21.7. The highest BCUT2D eigenvalue weighted by atomic mass is 32.2. The molecular weight excluding hydrogens is 609 g/mol. The molecule has 0 radical (unpaired) electrons. The smallest absolute Gasteiger partial charge is 0.308 e. The molecule has 1 aromatic heterocycles. The minimum atomic E-state index is -0.747. The van der Waals surface area contributed by atoms with E-state index in [2.05, 4.69) is 24.1 Å². The van der Waals surface area contributed by atoms with Gasteiger partial charge in [-0.1, -0.05) is 52.9 Å². The van der Waals surface area contributed by atoms with Gasteiger partial charge < -0.3 is 15.0 Å². The second kappa shape index (κ2) is 12.6. The van der Waals surface area contributed by atoms with E-state index in [-0.39, 0.29) is 29.1 Å². The second-order valence-electron chi connectivity index (χ2n) is 11.1. The zero-order valence-corrected chi connectivity index (χ0v) is 27.1. The Morgan fingerprint density at radius 3 is 2.20 bits per heavy atom.